The van der Waals surface area contributed by atoms with Gasteiger partial charge in [-0.05, 0) is 78.8 Å². The molecule has 0 aromatic heterocycles. The average Bonchev–Trinajstić information content (AvgIpc) is 2.80. The Bertz CT molecular complexity index is 1230. The first kappa shape index (κ1) is 25.4. The van der Waals surface area contributed by atoms with Crippen molar-refractivity contribution in [1.82, 2.24) is 0 Å². The maximum absolute atomic E-state index is 15.0. The molecular weight excluding hydrogens is 480 g/mol. The minimum Gasteiger partial charge on any atom is -0.313 e. The summed E-state index contributed by atoms with van der Waals surface area (Å²) < 4.78 is 119. The maximum atomic E-state index is 15.0. The third-order valence-corrected chi connectivity index (χ3v) is 6.50. The summed E-state index contributed by atoms with van der Waals surface area (Å²) in [6.45, 7) is 1.76. The van der Waals surface area contributed by atoms with Gasteiger partial charge in [-0.2, -0.15) is 8.78 Å². The first-order valence-corrected chi connectivity index (χ1v) is 11.3. The number of benzene rings is 3. The zero-order valence-corrected chi connectivity index (χ0v) is 18.7. The largest absolute Gasteiger partial charge is 0.386 e. The molecule has 9 heteroatoms. The van der Waals surface area contributed by atoms with E-state index in [2.05, 4.69) is 0 Å². The first-order chi connectivity index (χ1) is 16.5. The highest BCUT2D eigenvalue weighted by Crippen LogP contribution is 2.41. The number of rotatable bonds is 6. The number of halogens is 8. The standard InChI is InChI=1S/C26H22F8O/c1-2-3-15-10-14-6-9-18(23(30)21(14)25(32)22(15)29)26(33,34)35-17-7-4-13(5-8-17)16-11-19(27)24(31)20(28)12-16/h6,9-13,17H,2-5,7-8H2,1H3. The lowest BCUT2D eigenvalue weighted by Gasteiger charge is -2.31. The van der Waals surface area contributed by atoms with E-state index in [0.717, 1.165) is 24.3 Å². The molecule has 0 unspecified atom stereocenters. The predicted octanol–water partition coefficient (Wildman–Crippen LogP) is 8.42. The fraction of sp³-hybridized carbons (Fsp3) is 0.385. The molecule has 0 aliphatic heterocycles. The summed E-state index contributed by atoms with van der Waals surface area (Å²) in [6.07, 6.45) is -3.83. The molecule has 0 amide bonds. The van der Waals surface area contributed by atoms with E-state index in [-0.39, 0.29) is 54.5 Å². The van der Waals surface area contributed by atoms with E-state index >= 15 is 4.39 Å². The van der Waals surface area contributed by atoms with Crippen molar-refractivity contribution < 1.29 is 39.9 Å². The summed E-state index contributed by atoms with van der Waals surface area (Å²) >= 11 is 0. The van der Waals surface area contributed by atoms with E-state index in [1.165, 1.54) is 6.07 Å². The van der Waals surface area contributed by atoms with Crippen LogP contribution in [0.3, 0.4) is 0 Å². The normalized spacial score (nSPS) is 18.9. The predicted molar refractivity (Wildman–Crippen MR) is 114 cm³/mol. The number of fused-ring (bicyclic) bond motifs is 1. The quantitative estimate of drug-likeness (QED) is 0.243. The smallest absolute Gasteiger partial charge is 0.313 e. The molecular formula is C26H22F8O. The van der Waals surface area contributed by atoms with Crippen molar-refractivity contribution in [2.45, 2.75) is 63.6 Å². The van der Waals surface area contributed by atoms with Crippen molar-refractivity contribution >= 4 is 10.8 Å². The highest BCUT2D eigenvalue weighted by molar-refractivity contribution is 5.85. The summed E-state index contributed by atoms with van der Waals surface area (Å²) in [7, 11) is 0. The van der Waals surface area contributed by atoms with E-state index in [1.54, 1.807) is 6.92 Å². The Balaban J connectivity index is 1.52. The van der Waals surface area contributed by atoms with Gasteiger partial charge in [0.15, 0.2) is 29.1 Å². The second kappa shape index (κ2) is 9.76. The van der Waals surface area contributed by atoms with E-state index in [0.29, 0.717) is 6.42 Å². The monoisotopic (exact) mass is 502 g/mol. The lowest BCUT2D eigenvalue weighted by atomic mass is 9.82. The van der Waals surface area contributed by atoms with Crippen LogP contribution in [0.15, 0.2) is 30.3 Å². The van der Waals surface area contributed by atoms with E-state index in [9.17, 15) is 30.7 Å². The Morgan fingerprint density at radius 1 is 0.800 bits per heavy atom. The molecule has 1 aliphatic rings. The minimum absolute atomic E-state index is 0.0327. The van der Waals surface area contributed by atoms with Gasteiger partial charge < -0.3 is 4.74 Å². The molecule has 3 aromatic carbocycles. The highest BCUT2D eigenvalue weighted by atomic mass is 19.3. The number of hydrogen-bond donors (Lipinski definition) is 0. The molecule has 35 heavy (non-hydrogen) atoms. The van der Waals surface area contributed by atoms with Crippen LogP contribution in [-0.2, 0) is 17.3 Å². The van der Waals surface area contributed by atoms with Crippen molar-refractivity contribution in [3.8, 4) is 0 Å². The van der Waals surface area contributed by atoms with Crippen molar-refractivity contribution in [2.75, 3.05) is 0 Å². The van der Waals surface area contributed by atoms with Gasteiger partial charge in [-0.3, -0.25) is 0 Å². The highest BCUT2D eigenvalue weighted by Gasteiger charge is 2.41. The third-order valence-electron chi connectivity index (χ3n) is 6.50. The summed E-state index contributed by atoms with van der Waals surface area (Å²) in [5.74, 6) is -9.03. The number of alkyl halides is 2. The molecule has 0 spiro atoms. The van der Waals surface area contributed by atoms with Gasteiger partial charge in [-0.1, -0.05) is 19.4 Å². The summed E-state index contributed by atoms with van der Waals surface area (Å²) in [6, 6.07) is 4.89. The van der Waals surface area contributed by atoms with Crippen LogP contribution < -0.4 is 0 Å². The van der Waals surface area contributed by atoms with Gasteiger partial charge in [-0.25, -0.2) is 26.3 Å². The summed E-state index contributed by atoms with van der Waals surface area (Å²) in [4.78, 5) is 0. The molecule has 0 atom stereocenters. The van der Waals surface area contributed by atoms with Gasteiger partial charge in [0.1, 0.15) is 5.82 Å². The van der Waals surface area contributed by atoms with Crippen molar-refractivity contribution in [3.05, 3.63) is 81.9 Å². The Kier molecular flexibility index (Phi) is 7.09. The molecule has 0 radical (unpaired) electrons. The number of hydrogen-bond acceptors (Lipinski definition) is 1. The zero-order chi connectivity index (χ0) is 25.5. The molecule has 0 saturated heterocycles. The molecule has 1 fully saturated rings. The van der Waals surface area contributed by atoms with Gasteiger partial charge in [0, 0.05) is 0 Å². The van der Waals surface area contributed by atoms with Crippen molar-refractivity contribution in [2.24, 2.45) is 0 Å². The van der Waals surface area contributed by atoms with Crippen LogP contribution in [0.5, 0.6) is 0 Å². The van der Waals surface area contributed by atoms with Crippen molar-refractivity contribution in [3.63, 3.8) is 0 Å². The molecule has 3 aromatic rings. The molecule has 188 valence electrons. The lowest BCUT2D eigenvalue weighted by Crippen LogP contribution is -2.30. The van der Waals surface area contributed by atoms with Crippen molar-refractivity contribution in [1.29, 1.82) is 0 Å². The SMILES string of the molecule is CCCc1cc2ccc(C(F)(F)OC3CCC(c4cc(F)c(F)c(F)c4)CC3)c(F)c2c(F)c1F. The fourth-order valence-corrected chi connectivity index (χ4v) is 4.71. The van der Waals surface area contributed by atoms with Crippen LogP contribution in [-0.4, -0.2) is 6.10 Å². The Labute approximate surface area is 196 Å². The summed E-state index contributed by atoms with van der Waals surface area (Å²) in [5, 5.41) is -0.907. The topological polar surface area (TPSA) is 9.23 Å². The minimum atomic E-state index is -4.13. The second-order valence-electron chi connectivity index (χ2n) is 8.85. The van der Waals surface area contributed by atoms with Gasteiger partial charge in [0.25, 0.3) is 0 Å². The molecule has 1 saturated carbocycles. The third kappa shape index (κ3) is 4.87. The van der Waals surface area contributed by atoms with Gasteiger partial charge in [-0.15, -0.1) is 0 Å². The van der Waals surface area contributed by atoms with Gasteiger partial charge in [0.05, 0.1) is 17.1 Å². The Morgan fingerprint density at radius 3 is 2.03 bits per heavy atom. The van der Waals surface area contributed by atoms with Crippen LogP contribution in [0, 0.1) is 34.9 Å². The second-order valence-corrected chi connectivity index (χ2v) is 8.85. The molecule has 0 N–H and O–H groups in total. The molecule has 0 heterocycles. The zero-order valence-electron chi connectivity index (χ0n) is 18.7. The Morgan fingerprint density at radius 2 is 1.43 bits per heavy atom. The van der Waals surface area contributed by atoms with Crippen LogP contribution in [0.2, 0.25) is 0 Å². The first-order valence-electron chi connectivity index (χ1n) is 11.3. The average molecular weight is 502 g/mol. The molecule has 4 rings (SSSR count). The number of aryl methyl sites for hydroxylation is 1. The van der Waals surface area contributed by atoms with E-state index in [4.69, 9.17) is 4.74 Å². The maximum Gasteiger partial charge on any atom is 0.386 e. The summed E-state index contributed by atoms with van der Waals surface area (Å²) in [5.41, 5.74) is -0.964. The van der Waals surface area contributed by atoms with Crippen LogP contribution in [0.1, 0.15) is 61.6 Å². The van der Waals surface area contributed by atoms with Gasteiger partial charge in [0.2, 0.25) is 0 Å². The van der Waals surface area contributed by atoms with Crippen LogP contribution in [0.4, 0.5) is 35.1 Å². The van der Waals surface area contributed by atoms with Crippen LogP contribution in [0.25, 0.3) is 10.8 Å². The molecule has 1 nitrogen and oxygen atoms in total. The van der Waals surface area contributed by atoms with E-state index < -0.39 is 58.1 Å². The molecule has 1 aliphatic carbocycles. The lowest BCUT2D eigenvalue weighted by molar-refractivity contribution is -0.278. The number of ether oxygens (including phenoxy) is 1. The Hall–Kier alpha value is -2.68. The fourth-order valence-electron chi connectivity index (χ4n) is 4.71. The van der Waals surface area contributed by atoms with Gasteiger partial charge >= 0.3 is 6.11 Å². The molecule has 0 bridgehead atoms. The van der Waals surface area contributed by atoms with Crippen LogP contribution >= 0.6 is 0 Å². The van der Waals surface area contributed by atoms with E-state index in [1.807, 2.05) is 0 Å².